The van der Waals surface area contributed by atoms with E-state index in [0.717, 1.165) is 62.3 Å². The average Bonchev–Trinajstić information content (AvgIpc) is 3.62. The summed E-state index contributed by atoms with van der Waals surface area (Å²) in [5.41, 5.74) is 13.1. The summed E-state index contributed by atoms with van der Waals surface area (Å²) in [6.45, 7) is 0. The van der Waals surface area contributed by atoms with Crippen LogP contribution in [0.4, 0.5) is 11.4 Å². The molecule has 2 heterocycles. The molecule has 2 unspecified atom stereocenters. The van der Waals surface area contributed by atoms with Crippen molar-refractivity contribution >= 4 is 33.2 Å². The second kappa shape index (κ2) is 10.2. The molecule has 4 nitrogen and oxygen atoms in total. The van der Waals surface area contributed by atoms with Gasteiger partial charge in [0.25, 0.3) is 0 Å². The fourth-order valence-corrected chi connectivity index (χ4v) is 8.90. The lowest BCUT2D eigenvalue weighted by Crippen LogP contribution is -2.56. The van der Waals surface area contributed by atoms with E-state index in [1.54, 1.807) is 0 Å². The van der Waals surface area contributed by atoms with Gasteiger partial charge in [-0.15, -0.1) is 0 Å². The molecule has 0 N–H and O–H groups in total. The molecule has 0 saturated heterocycles. The van der Waals surface area contributed by atoms with Crippen LogP contribution in [-0.2, 0) is 5.41 Å². The molecule has 0 amide bonds. The Kier molecular flexibility index (Phi) is 5.72. The monoisotopic (exact) mass is 624 g/mol. The smallest absolute Gasteiger partial charge is 0.0998 e. The molecule has 49 heavy (non-hydrogen) atoms. The number of allylic oxidation sites excluding steroid dienone is 2. The van der Waals surface area contributed by atoms with Gasteiger partial charge in [0.15, 0.2) is 0 Å². The maximum atomic E-state index is 10.6. The largest absolute Gasteiger partial charge is 0.332 e. The summed E-state index contributed by atoms with van der Waals surface area (Å²) in [6, 6.07) is 53.9. The lowest BCUT2D eigenvalue weighted by molar-refractivity contribution is 0.357. The summed E-state index contributed by atoms with van der Waals surface area (Å²) in [6.07, 6.45) is 5.01. The van der Waals surface area contributed by atoms with E-state index in [9.17, 15) is 10.5 Å². The van der Waals surface area contributed by atoms with Crippen molar-refractivity contribution in [3.63, 3.8) is 0 Å². The first-order chi connectivity index (χ1) is 24.2. The van der Waals surface area contributed by atoms with Crippen LogP contribution in [-0.4, -0.2) is 10.6 Å². The van der Waals surface area contributed by atoms with E-state index in [4.69, 9.17) is 0 Å². The minimum Gasteiger partial charge on any atom is -0.332 e. The van der Waals surface area contributed by atoms with E-state index in [-0.39, 0.29) is 11.5 Å². The highest BCUT2D eigenvalue weighted by Crippen LogP contribution is 2.66. The Morgan fingerprint density at radius 3 is 2.06 bits per heavy atom. The molecule has 2 bridgehead atoms. The van der Waals surface area contributed by atoms with Crippen LogP contribution < -0.4 is 4.90 Å². The number of anilines is 2. The number of rotatable bonds is 4. The average molecular weight is 625 g/mol. The molecule has 11 rings (SSSR count). The highest BCUT2D eigenvalue weighted by Gasteiger charge is 2.63. The van der Waals surface area contributed by atoms with Crippen molar-refractivity contribution in [1.82, 2.24) is 4.57 Å². The number of benzene rings is 6. The summed E-state index contributed by atoms with van der Waals surface area (Å²) in [5.74, 6) is 0. The van der Waals surface area contributed by atoms with E-state index < -0.39 is 0 Å². The van der Waals surface area contributed by atoms with Crippen LogP contribution in [0.3, 0.4) is 0 Å². The Bertz CT molecular complexity index is 2640. The molecule has 2 atom stereocenters. The van der Waals surface area contributed by atoms with Crippen molar-refractivity contribution in [3.8, 4) is 40.1 Å². The highest BCUT2D eigenvalue weighted by molar-refractivity contribution is 6.09. The van der Waals surface area contributed by atoms with Gasteiger partial charge in [0.1, 0.15) is 0 Å². The molecule has 228 valence electrons. The Morgan fingerprint density at radius 2 is 1.29 bits per heavy atom. The normalized spacial score (nSPS) is 18.6. The Balaban J connectivity index is 1.18. The number of para-hydroxylation sites is 4. The summed E-state index contributed by atoms with van der Waals surface area (Å²) in [5, 5.41) is 23.3. The standard InChI is InChI=1S/C45H28N4/c46-27-31-12-10-17-34(29-11-9-13-33(25-29)48-39-19-5-1-14-35(39)36-15-2-6-20-40(36)48)43(31)37-16-3-7-21-41(37)49-42-22-8-4-18-38(42)45-26-30(44(45)49)23-24-32(45)28-47/h1-25,44H,26H2. The number of aromatic nitrogens is 1. The Labute approximate surface area is 284 Å². The molecule has 1 aliphatic heterocycles. The predicted molar refractivity (Wildman–Crippen MR) is 197 cm³/mol. The second-order valence-electron chi connectivity index (χ2n) is 13.1. The Morgan fingerprint density at radius 1 is 0.612 bits per heavy atom. The quantitative estimate of drug-likeness (QED) is 0.196. The number of hydrogen-bond acceptors (Lipinski definition) is 3. The van der Waals surface area contributed by atoms with Crippen LogP contribution in [0.5, 0.6) is 0 Å². The molecule has 1 fully saturated rings. The minimum absolute atomic E-state index is 0.0297. The number of nitriles is 2. The zero-order valence-electron chi connectivity index (χ0n) is 26.5. The molecule has 6 aromatic carbocycles. The summed E-state index contributed by atoms with van der Waals surface area (Å²) >= 11 is 0. The van der Waals surface area contributed by atoms with Crippen molar-refractivity contribution in [1.29, 1.82) is 10.5 Å². The third kappa shape index (κ3) is 3.61. The summed E-state index contributed by atoms with van der Waals surface area (Å²) < 4.78 is 2.33. The molecule has 1 spiro atoms. The third-order valence-electron chi connectivity index (χ3n) is 10.9. The van der Waals surface area contributed by atoms with Gasteiger partial charge < -0.3 is 9.47 Å². The Hall–Kier alpha value is -6.62. The first kappa shape index (κ1) is 27.5. The van der Waals surface area contributed by atoms with Gasteiger partial charge in [-0.3, -0.25) is 0 Å². The topological polar surface area (TPSA) is 55.8 Å². The van der Waals surface area contributed by atoms with Gasteiger partial charge in [0.05, 0.1) is 40.2 Å². The minimum atomic E-state index is -0.350. The first-order valence-electron chi connectivity index (χ1n) is 16.6. The van der Waals surface area contributed by atoms with E-state index in [1.807, 2.05) is 18.2 Å². The van der Waals surface area contributed by atoms with Crippen molar-refractivity contribution < 1.29 is 0 Å². The fourth-order valence-electron chi connectivity index (χ4n) is 8.90. The molecule has 7 aromatic rings. The molecule has 1 aromatic heterocycles. The van der Waals surface area contributed by atoms with Gasteiger partial charge in [-0.1, -0.05) is 103 Å². The number of nitrogens with zero attached hydrogens (tertiary/aromatic N) is 4. The van der Waals surface area contributed by atoms with Crippen LogP contribution in [0, 0.1) is 22.7 Å². The maximum absolute atomic E-state index is 10.6. The number of fused-ring (bicyclic) bond motifs is 5. The summed E-state index contributed by atoms with van der Waals surface area (Å²) in [4.78, 5) is 2.43. The SMILES string of the molecule is N#CC1=CC=C2CC13c1ccccc1N(c1ccccc1-c1c(C#N)cccc1-c1cccc(-n4c5ccccc5c5ccccc54)c1)C23. The van der Waals surface area contributed by atoms with Crippen molar-refractivity contribution in [2.75, 3.05) is 4.90 Å². The third-order valence-corrected chi connectivity index (χ3v) is 10.9. The van der Waals surface area contributed by atoms with E-state index in [2.05, 4.69) is 155 Å². The van der Waals surface area contributed by atoms with Gasteiger partial charge in [0.2, 0.25) is 0 Å². The van der Waals surface area contributed by atoms with Crippen LogP contribution >= 0.6 is 0 Å². The van der Waals surface area contributed by atoms with Gasteiger partial charge in [-0.05, 0) is 77.2 Å². The molecule has 4 aliphatic rings. The van der Waals surface area contributed by atoms with E-state index in [0.29, 0.717) is 5.56 Å². The van der Waals surface area contributed by atoms with Gasteiger partial charge in [-0.25, -0.2) is 0 Å². The van der Waals surface area contributed by atoms with Crippen molar-refractivity contribution in [2.24, 2.45) is 0 Å². The summed E-state index contributed by atoms with van der Waals surface area (Å²) in [7, 11) is 0. The molecule has 4 heteroatoms. The van der Waals surface area contributed by atoms with Crippen molar-refractivity contribution in [3.05, 3.63) is 174 Å². The number of hydrogen-bond donors (Lipinski definition) is 0. The lowest BCUT2D eigenvalue weighted by Gasteiger charge is -2.52. The van der Waals surface area contributed by atoms with Gasteiger partial charge in [0, 0.05) is 44.5 Å². The first-order valence-corrected chi connectivity index (χ1v) is 16.6. The van der Waals surface area contributed by atoms with Crippen molar-refractivity contribution in [2.45, 2.75) is 17.9 Å². The van der Waals surface area contributed by atoms with Gasteiger partial charge in [-0.2, -0.15) is 10.5 Å². The van der Waals surface area contributed by atoms with Crippen LogP contribution in [0.25, 0.3) is 49.7 Å². The van der Waals surface area contributed by atoms with E-state index in [1.165, 1.54) is 21.9 Å². The van der Waals surface area contributed by atoms with Crippen LogP contribution in [0.15, 0.2) is 163 Å². The zero-order chi connectivity index (χ0) is 32.7. The van der Waals surface area contributed by atoms with Crippen LogP contribution in [0.1, 0.15) is 17.5 Å². The molecule has 3 aliphatic carbocycles. The lowest BCUT2D eigenvalue weighted by atomic mass is 9.53. The molecule has 0 radical (unpaired) electrons. The predicted octanol–water partition coefficient (Wildman–Crippen LogP) is 10.5. The highest BCUT2D eigenvalue weighted by atomic mass is 15.2. The van der Waals surface area contributed by atoms with E-state index >= 15 is 0 Å². The molecule has 1 saturated carbocycles. The van der Waals surface area contributed by atoms with Gasteiger partial charge >= 0.3 is 0 Å². The fraction of sp³-hybridized carbons (Fsp3) is 0.0667. The molecular formula is C45H28N4. The molecular weight excluding hydrogens is 597 g/mol. The van der Waals surface area contributed by atoms with Crippen LogP contribution in [0.2, 0.25) is 0 Å². The maximum Gasteiger partial charge on any atom is 0.0998 e. The second-order valence-corrected chi connectivity index (χ2v) is 13.1. The zero-order valence-corrected chi connectivity index (χ0v) is 26.5.